The maximum absolute atomic E-state index is 12.7. The van der Waals surface area contributed by atoms with Crippen molar-refractivity contribution in [1.82, 2.24) is 4.98 Å². The van der Waals surface area contributed by atoms with Gasteiger partial charge in [-0.05, 0) is 72.5 Å². The summed E-state index contributed by atoms with van der Waals surface area (Å²) in [5.74, 6) is 0.0533. The largest absolute Gasteiger partial charge is 0.294 e. The number of carbonyl (C=O) groups excluding carboxylic acids is 1. The van der Waals surface area contributed by atoms with E-state index >= 15 is 0 Å². The molecular formula is C26H23NO3S. The molecule has 0 unspecified atom stereocenters. The van der Waals surface area contributed by atoms with Crippen LogP contribution in [-0.2, 0) is 16.3 Å². The first-order chi connectivity index (χ1) is 14.7. The van der Waals surface area contributed by atoms with E-state index in [1.54, 1.807) is 12.1 Å². The quantitative estimate of drug-likeness (QED) is 0.401. The highest BCUT2D eigenvalue weighted by Gasteiger charge is 2.11. The van der Waals surface area contributed by atoms with Crippen LogP contribution in [-0.4, -0.2) is 25.4 Å². The number of rotatable bonds is 5. The Kier molecular flexibility index (Phi) is 5.46. The lowest BCUT2D eigenvalue weighted by atomic mass is 10.0. The van der Waals surface area contributed by atoms with Gasteiger partial charge in [0.2, 0.25) is 0 Å². The molecule has 0 aliphatic carbocycles. The van der Waals surface area contributed by atoms with Gasteiger partial charge in [0.15, 0.2) is 15.6 Å². The first-order valence-corrected chi connectivity index (χ1v) is 11.9. The van der Waals surface area contributed by atoms with Crippen LogP contribution in [0, 0.1) is 13.8 Å². The van der Waals surface area contributed by atoms with E-state index in [1.165, 1.54) is 11.8 Å². The van der Waals surface area contributed by atoms with Crippen molar-refractivity contribution in [3.05, 3.63) is 95.2 Å². The van der Waals surface area contributed by atoms with E-state index in [0.29, 0.717) is 10.5 Å². The smallest absolute Gasteiger partial charge is 0.175 e. The summed E-state index contributed by atoms with van der Waals surface area (Å²) in [6.07, 6.45) is 1.46. The van der Waals surface area contributed by atoms with Crippen LogP contribution in [0.3, 0.4) is 0 Å². The number of aryl methyl sites for hydroxylation is 2. The average molecular weight is 430 g/mol. The molecule has 4 rings (SSSR count). The molecule has 0 amide bonds. The third-order valence-electron chi connectivity index (χ3n) is 5.53. The molecule has 156 valence electrons. The zero-order chi connectivity index (χ0) is 22.2. The number of nitrogens with zero attached hydrogens (tertiary/aromatic N) is 1. The van der Waals surface area contributed by atoms with Gasteiger partial charge in [-0.3, -0.25) is 9.78 Å². The summed E-state index contributed by atoms with van der Waals surface area (Å²) in [6.45, 7) is 4.04. The molecule has 0 aliphatic rings. The van der Waals surface area contributed by atoms with E-state index < -0.39 is 9.84 Å². The van der Waals surface area contributed by atoms with Crippen molar-refractivity contribution < 1.29 is 13.2 Å². The van der Waals surface area contributed by atoms with Crippen molar-refractivity contribution >= 4 is 26.5 Å². The Morgan fingerprint density at radius 3 is 2.19 bits per heavy atom. The molecule has 31 heavy (non-hydrogen) atoms. The number of fused-ring (bicyclic) bond motifs is 1. The molecule has 0 bridgehead atoms. The molecule has 1 heterocycles. The number of hydrogen-bond acceptors (Lipinski definition) is 4. The van der Waals surface area contributed by atoms with Gasteiger partial charge in [0.1, 0.15) is 0 Å². The number of benzene rings is 3. The molecule has 0 saturated heterocycles. The van der Waals surface area contributed by atoms with Crippen LogP contribution in [0.2, 0.25) is 0 Å². The van der Waals surface area contributed by atoms with Crippen LogP contribution in [0.25, 0.3) is 22.0 Å². The Morgan fingerprint density at radius 2 is 1.52 bits per heavy atom. The first-order valence-electron chi connectivity index (χ1n) is 10.0. The number of ketones is 1. The summed E-state index contributed by atoms with van der Waals surface area (Å²) < 4.78 is 23.3. The molecule has 1 aromatic heterocycles. The van der Waals surface area contributed by atoms with Crippen molar-refractivity contribution in [2.75, 3.05) is 6.26 Å². The van der Waals surface area contributed by atoms with Gasteiger partial charge in [-0.15, -0.1) is 0 Å². The average Bonchev–Trinajstić information content (AvgIpc) is 2.74. The second-order valence-corrected chi connectivity index (χ2v) is 9.92. The number of Topliss-reactive ketones (excluding diaryl/α,β-unsaturated/α-hetero) is 1. The monoisotopic (exact) mass is 429 g/mol. The van der Waals surface area contributed by atoms with E-state index in [2.05, 4.69) is 4.98 Å². The normalized spacial score (nSPS) is 11.6. The van der Waals surface area contributed by atoms with Gasteiger partial charge in [-0.1, -0.05) is 36.4 Å². The van der Waals surface area contributed by atoms with E-state index in [4.69, 9.17) is 0 Å². The SMILES string of the molecule is Cc1ccc(C(=O)Cc2ccc3cc(-c4ccc(S(C)(=O)=O)cc4)ccc3n2)cc1C. The van der Waals surface area contributed by atoms with Gasteiger partial charge in [0.05, 0.1) is 16.8 Å². The zero-order valence-corrected chi connectivity index (χ0v) is 18.5. The lowest BCUT2D eigenvalue weighted by Gasteiger charge is -2.08. The molecule has 5 heteroatoms. The molecule has 0 radical (unpaired) electrons. The van der Waals surface area contributed by atoms with Crippen molar-refractivity contribution in [1.29, 1.82) is 0 Å². The van der Waals surface area contributed by atoms with E-state index in [1.807, 2.05) is 74.5 Å². The molecule has 0 aliphatic heterocycles. The number of pyridine rings is 1. The Morgan fingerprint density at radius 1 is 0.806 bits per heavy atom. The molecule has 0 fully saturated rings. The summed E-state index contributed by atoms with van der Waals surface area (Å²) in [5.41, 5.74) is 6.45. The standard InChI is InChI=1S/C26H23NO3S/c1-17-4-5-22(14-18(17)2)26(28)16-23-10-6-21-15-20(9-13-25(21)27-23)19-7-11-24(12-8-19)31(3,29)30/h4-15H,16H2,1-3H3. The maximum Gasteiger partial charge on any atom is 0.175 e. The highest BCUT2D eigenvalue weighted by molar-refractivity contribution is 7.90. The van der Waals surface area contributed by atoms with Crippen LogP contribution in [0.1, 0.15) is 27.2 Å². The van der Waals surface area contributed by atoms with Crippen LogP contribution in [0.4, 0.5) is 0 Å². The third-order valence-corrected chi connectivity index (χ3v) is 6.66. The minimum atomic E-state index is -3.21. The van der Waals surface area contributed by atoms with E-state index in [9.17, 15) is 13.2 Å². The second kappa shape index (κ2) is 8.08. The molecular weight excluding hydrogens is 406 g/mol. The van der Waals surface area contributed by atoms with Gasteiger partial charge >= 0.3 is 0 Å². The maximum atomic E-state index is 12.7. The van der Waals surface area contributed by atoms with Crippen molar-refractivity contribution in [2.45, 2.75) is 25.2 Å². The molecule has 4 nitrogen and oxygen atoms in total. The van der Waals surface area contributed by atoms with E-state index in [0.717, 1.165) is 33.3 Å². The summed E-state index contributed by atoms with van der Waals surface area (Å²) in [5, 5.41) is 0.965. The molecule has 4 aromatic rings. The van der Waals surface area contributed by atoms with Crippen LogP contribution in [0.5, 0.6) is 0 Å². The fourth-order valence-corrected chi connectivity index (χ4v) is 4.15. The minimum absolute atomic E-state index is 0.0533. The molecule has 0 N–H and O–H groups in total. The van der Waals surface area contributed by atoms with Gasteiger partial charge in [-0.25, -0.2) is 8.42 Å². The second-order valence-electron chi connectivity index (χ2n) is 7.91. The minimum Gasteiger partial charge on any atom is -0.294 e. The van der Waals surface area contributed by atoms with Gasteiger partial charge in [-0.2, -0.15) is 0 Å². The predicted molar refractivity (Wildman–Crippen MR) is 124 cm³/mol. The summed E-state index contributed by atoms with van der Waals surface area (Å²) in [6, 6.07) is 22.4. The predicted octanol–water partition coefficient (Wildman–Crippen LogP) is 5.35. The molecule has 0 saturated carbocycles. The fourth-order valence-electron chi connectivity index (χ4n) is 3.52. The molecule has 3 aromatic carbocycles. The first kappa shape index (κ1) is 20.9. The summed E-state index contributed by atoms with van der Waals surface area (Å²) >= 11 is 0. The van der Waals surface area contributed by atoms with Gasteiger partial charge in [0.25, 0.3) is 0 Å². The van der Waals surface area contributed by atoms with Gasteiger partial charge < -0.3 is 0 Å². The van der Waals surface area contributed by atoms with Gasteiger partial charge in [0, 0.05) is 22.9 Å². The summed E-state index contributed by atoms with van der Waals surface area (Å²) in [4.78, 5) is 17.6. The fraction of sp³-hybridized carbons (Fsp3) is 0.154. The number of carbonyl (C=O) groups is 1. The number of aromatic nitrogens is 1. The highest BCUT2D eigenvalue weighted by atomic mass is 32.2. The lowest BCUT2D eigenvalue weighted by Crippen LogP contribution is -2.05. The Labute approximate surface area is 182 Å². The van der Waals surface area contributed by atoms with Crippen LogP contribution in [0.15, 0.2) is 77.7 Å². The highest BCUT2D eigenvalue weighted by Crippen LogP contribution is 2.25. The Balaban J connectivity index is 1.58. The third kappa shape index (κ3) is 4.57. The molecule has 0 atom stereocenters. The Hall–Kier alpha value is -3.31. The van der Waals surface area contributed by atoms with E-state index in [-0.39, 0.29) is 12.2 Å². The number of hydrogen-bond donors (Lipinski definition) is 0. The van der Waals surface area contributed by atoms with Crippen molar-refractivity contribution in [3.8, 4) is 11.1 Å². The van der Waals surface area contributed by atoms with Crippen molar-refractivity contribution in [2.24, 2.45) is 0 Å². The van der Waals surface area contributed by atoms with Crippen LogP contribution < -0.4 is 0 Å². The summed E-state index contributed by atoms with van der Waals surface area (Å²) in [7, 11) is -3.21. The van der Waals surface area contributed by atoms with Crippen LogP contribution >= 0.6 is 0 Å². The number of sulfone groups is 1. The molecule has 0 spiro atoms. The topological polar surface area (TPSA) is 64.1 Å². The Bertz CT molecular complexity index is 1400. The zero-order valence-electron chi connectivity index (χ0n) is 17.7. The lowest BCUT2D eigenvalue weighted by molar-refractivity contribution is 0.0992. The van der Waals surface area contributed by atoms with Crippen molar-refractivity contribution in [3.63, 3.8) is 0 Å².